The van der Waals surface area contributed by atoms with Crippen LogP contribution < -0.4 is 9.47 Å². The third-order valence-corrected chi connectivity index (χ3v) is 12.6. The van der Waals surface area contributed by atoms with Crippen LogP contribution in [0.3, 0.4) is 0 Å². The smallest absolute Gasteiger partial charge is 0.239 e. The van der Waals surface area contributed by atoms with Crippen LogP contribution in [0.5, 0.6) is 11.5 Å². The molecule has 6 atom stereocenters. The van der Waals surface area contributed by atoms with E-state index in [0.717, 1.165) is 61.8 Å². The van der Waals surface area contributed by atoms with Crippen molar-refractivity contribution in [3.8, 4) is 11.5 Å². The van der Waals surface area contributed by atoms with Crippen LogP contribution in [-0.4, -0.2) is 72.5 Å². The number of carbonyl (C=O) groups is 1. The molecular weight excluding hydrogens is 736 g/mol. The number of unbranched alkanes of at least 4 members (excludes halogenated alkanes) is 10. The molecule has 3 aliphatic rings. The highest BCUT2D eigenvalue weighted by atomic mass is 19.1. The predicted molar refractivity (Wildman–Crippen MR) is 227 cm³/mol. The highest BCUT2D eigenvalue weighted by Gasteiger charge is 2.65. The molecule has 2 aliphatic carbocycles. The van der Waals surface area contributed by atoms with E-state index in [-0.39, 0.29) is 61.8 Å². The van der Waals surface area contributed by atoms with Crippen LogP contribution in [0.4, 0.5) is 4.39 Å². The Balaban J connectivity index is 1.55. The number of hydrogen-bond donors (Lipinski definition) is 2. The fourth-order valence-electron chi connectivity index (χ4n) is 9.64. The number of carbonyl (C=O) groups excluding carboxylic acids is 1. The van der Waals surface area contributed by atoms with Gasteiger partial charge in [-0.3, -0.25) is 4.79 Å². The summed E-state index contributed by atoms with van der Waals surface area (Å²) in [5.74, 6) is -0.633. The van der Waals surface area contributed by atoms with E-state index in [1.807, 2.05) is 30.1 Å². The van der Waals surface area contributed by atoms with E-state index >= 15 is 0 Å². The molecule has 2 N–H and O–H groups in total. The Kier molecular flexibility index (Phi) is 18.1. The lowest BCUT2D eigenvalue weighted by Crippen LogP contribution is -2.69. The van der Waals surface area contributed by atoms with Gasteiger partial charge in [0.2, 0.25) is 11.7 Å². The van der Waals surface area contributed by atoms with Gasteiger partial charge < -0.3 is 34.2 Å². The average molecular weight is 805 g/mol. The zero-order chi connectivity index (χ0) is 41.3. The summed E-state index contributed by atoms with van der Waals surface area (Å²) in [6.45, 7) is 6.75. The van der Waals surface area contributed by atoms with E-state index in [4.69, 9.17) is 19.0 Å². The van der Waals surface area contributed by atoms with Crippen LogP contribution in [0.25, 0.3) is 0 Å². The second kappa shape index (κ2) is 23.2. The Bertz CT molecular complexity index is 1660. The number of nitrogens with zero attached hydrogens (tertiary/aromatic N) is 2. The summed E-state index contributed by atoms with van der Waals surface area (Å²) in [6, 6.07) is 11.9. The van der Waals surface area contributed by atoms with E-state index < -0.39 is 11.8 Å². The fraction of sp³-hybridized carbons (Fsp3) is 0.625. The van der Waals surface area contributed by atoms with Gasteiger partial charge in [-0.2, -0.15) is 0 Å². The Hall–Kier alpha value is -3.73. The minimum absolute atomic E-state index is 0.0405. The number of allylic oxidation sites excluding steroid dienone is 1. The minimum atomic E-state index is -1.28. The lowest BCUT2D eigenvalue weighted by Gasteiger charge is -2.59. The van der Waals surface area contributed by atoms with Crippen molar-refractivity contribution >= 4 is 11.6 Å². The van der Waals surface area contributed by atoms with Gasteiger partial charge in [0, 0.05) is 50.1 Å². The second-order valence-electron chi connectivity index (χ2n) is 16.4. The first kappa shape index (κ1) is 45.4. The number of benzene rings is 2. The fourth-order valence-corrected chi connectivity index (χ4v) is 9.64. The molecule has 0 aromatic heterocycles. The van der Waals surface area contributed by atoms with Crippen LogP contribution in [0.15, 0.2) is 71.9 Å². The molecule has 0 radical (unpaired) electrons. The monoisotopic (exact) mass is 805 g/mol. The van der Waals surface area contributed by atoms with E-state index in [9.17, 15) is 19.4 Å². The first-order valence-electron chi connectivity index (χ1n) is 22.1. The van der Waals surface area contributed by atoms with E-state index in [1.165, 1.54) is 44.6 Å². The van der Waals surface area contributed by atoms with Crippen molar-refractivity contribution in [1.82, 2.24) is 4.90 Å². The van der Waals surface area contributed by atoms with Crippen LogP contribution in [0.2, 0.25) is 0 Å². The number of aliphatic hydroxyl groups is 2. The predicted octanol–water partition coefficient (Wildman–Crippen LogP) is 10.0. The molecule has 1 amide bonds. The summed E-state index contributed by atoms with van der Waals surface area (Å²) in [5.41, 5.74) is 3.18. The first-order valence-corrected chi connectivity index (χ1v) is 22.1. The molecule has 58 heavy (non-hydrogen) atoms. The quantitative estimate of drug-likeness (QED) is 0.0554. The third-order valence-electron chi connectivity index (χ3n) is 12.6. The van der Waals surface area contributed by atoms with Crippen molar-refractivity contribution in [3.05, 3.63) is 83.7 Å². The normalized spacial score (nSPS) is 24.0. The molecule has 5 rings (SSSR count). The number of aliphatic hydroxyl groups excluding tert-OH is 2. The van der Waals surface area contributed by atoms with Crippen LogP contribution in [-0.2, 0) is 21.0 Å². The van der Waals surface area contributed by atoms with E-state index in [2.05, 4.69) is 24.7 Å². The minimum Gasteiger partial charge on any atom is -0.489 e. The number of ether oxygens (including phenoxy) is 3. The first-order chi connectivity index (χ1) is 28.3. The number of fused-ring (bicyclic) bond motifs is 2. The summed E-state index contributed by atoms with van der Waals surface area (Å²) < 4.78 is 35.1. The molecule has 1 heterocycles. The Morgan fingerprint density at radius 1 is 0.983 bits per heavy atom. The molecule has 10 heteroatoms. The van der Waals surface area contributed by atoms with Crippen molar-refractivity contribution in [2.45, 2.75) is 140 Å². The molecule has 320 valence electrons. The lowest BCUT2D eigenvalue weighted by molar-refractivity contribution is -0.255. The van der Waals surface area contributed by atoms with Crippen LogP contribution in [0.1, 0.15) is 133 Å². The maximum Gasteiger partial charge on any atom is 0.239 e. The van der Waals surface area contributed by atoms with Gasteiger partial charge in [0.25, 0.3) is 0 Å². The number of halogens is 1. The summed E-state index contributed by atoms with van der Waals surface area (Å²) in [5, 5.41) is 24.3. The maximum absolute atomic E-state index is 14.6. The van der Waals surface area contributed by atoms with Crippen LogP contribution in [0, 0.1) is 23.6 Å². The zero-order valence-electron chi connectivity index (χ0n) is 35.3. The van der Waals surface area contributed by atoms with Gasteiger partial charge in [-0.15, -0.1) is 6.58 Å². The number of hydrogen-bond acceptors (Lipinski definition) is 8. The number of oxime groups is 1. The van der Waals surface area contributed by atoms with Gasteiger partial charge in [-0.25, -0.2) is 4.39 Å². The molecule has 0 saturated heterocycles. The Morgan fingerprint density at radius 2 is 1.69 bits per heavy atom. The lowest BCUT2D eigenvalue weighted by atomic mass is 9.55. The summed E-state index contributed by atoms with van der Waals surface area (Å²) >= 11 is 0. The van der Waals surface area contributed by atoms with E-state index in [1.54, 1.807) is 31.4 Å². The van der Waals surface area contributed by atoms with Crippen molar-refractivity contribution in [2.75, 3.05) is 34.0 Å². The molecule has 2 aromatic carbocycles. The van der Waals surface area contributed by atoms with E-state index in [0.29, 0.717) is 42.7 Å². The van der Waals surface area contributed by atoms with Crippen molar-refractivity contribution in [3.63, 3.8) is 0 Å². The van der Waals surface area contributed by atoms with Gasteiger partial charge in [0.15, 0.2) is 0 Å². The second-order valence-corrected chi connectivity index (χ2v) is 16.4. The molecule has 0 spiro atoms. The van der Waals surface area contributed by atoms with Crippen LogP contribution >= 0.6 is 0 Å². The molecule has 1 fully saturated rings. The molecule has 1 saturated carbocycles. The van der Waals surface area contributed by atoms with Crippen molar-refractivity contribution in [1.29, 1.82) is 0 Å². The summed E-state index contributed by atoms with van der Waals surface area (Å²) in [7, 11) is 3.42. The molecule has 0 bridgehead atoms. The average Bonchev–Trinajstić information content (AvgIpc) is 3.23. The number of likely N-dealkylation sites (N-methyl/N-ethyl adjacent to an activating group) is 1. The molecule has 2 aromatic rings. The van der Waals surface area contributed by atoms with Crippen molar-refractivity contribution in [2.24, 2.45) is 22.9 Å². The number of rotatable bonds is 26. The summed E-state index contributed by atoms with van der Waals surface area (Å²) in [4.78, 5) is 21.6. The zero-order valence-corrected chi connectivity index (χ0v) is 35.3. The maximum atomic E-state index is 14.6. The van der Waals surface area contributed by atoms with Gasteiger partial charge in [-0.05, 0) is 73.8 Å². The largest absolute Gasteiger partial charge is 0.489 e. The Labute approximate surface area is 346 Å². The molecular formula is C48H69FN2O7. The SMILES string of the molecule is C=CCOC12Oc3ccc(OCc4ccccc4F)cc3C3C(CCCCO)C(CCCCO)C=C(C(=NOC)CC1N(C)C(=O)CCCCCCCCCCC)C32. The Morgan fingerprint density at radius 3 is 2.38 bits per heavy atom. The van der Waals surface area contributed by atoms with Gasteiger partial charge in [0.05, 0.1) is 18.2 Å². The highest BCUT2D eigenvalue weighted by Crippen LogP contribution is 2.61. The molecule has 6 unspecified atom stereocenters. The van der Waals surface area contributed by atoms with Gasteiger partial charge >= 0.3 is 0 Å². The standard InChI is InChI=1S/C48H69FN2O7/c1-5-7-8-9-10-11-12-13-14-25-45(54)51(3)44-33-42(50-55-4)39-31-35(21-17-19-28-52)38(23-18-20-29-53)46-40-32-37(56-34-36-22-15-16-24-41(36)49)26-27-43(40)58-48(44,47(39)46)57-30-6-2/h6,15-16,22,24,26-27,31-32,35,38,44,46-47,52-53H,2,5,7-14,17-21,23,25,28-30,33-34H2,1,3-4H3. The molecule has 9 nitrogen and oxygen atoms in total. The van der Waals surface area contributed by atoms with Gasteiger partial charge in [-0.1, -0.05) is 107 Å². The summed E-state index contributed by atoms with van der Waals surface area (Å²) in [6.07, 6.45) is 20.2. The molecule has 1 aliphatic heterocycles. The highest BCUT2D eigenvalue weighted by molar-refractivity contribution is 6.03. The number of amides is 1. The third kappa shape index (κ3) is 11.1. The van der Waals surface area contributed by atoms with Crippen molar-refractivity contribution < 1.29 is 38.4 Å². The topological polar surface area (TPSA) is 110 Å². The van der Waals surface area contributed by atoms with Gasteiger partial charge in [0.1, 0.15) is 37.1 Å².